The number of fused-ring (bicyclic) bond motifs is 1. The summed E-state index contributed by atoms with van der Waals surface area (Å²) < 4.78 is 43.8. The van der Waals surface area contributed by atoms with Crippen LogP contribution >= 0.6 is 0 Å². The SMILES string of the molecule is NC(=O)OCC1COc2c(C(N)=NS(=O)(=O)C(c3ccccc3)(c3ccccc3)c3ccccc3)cnn2C1. The van der Waals surface area contributed by atoms with E-state index in [2.05, 4.69) is 9.50 Å². The molecule has 1 atom stereocenters. The first-order chi connectivity index (χ1) is 18.8. The van der Waals surface area contributed by atoms with E-state index in [1.54, 1.807) is 72.8 Å². The van der Waals surface area contributed by atoms with E-state index in [0.29, 0.717) is 23.2 Å². The molecule has 4 aromatic rings. The Labute approximate surface area is 225 Å². The second kappa shape index (κ2) is 10.6. The highest BCUT2D eigenvalue weighted by Gasteiger charge is 2.49. The van der Waals surface area contributed by atoms with E-state index < -0.39 is 20.9 Å². The van der Waals surface area contributed by atoms with Crippen LogP contribution in [0.15, 0.2) is 102 Å². The van der Waals surface area contributed by atoms with Gasteiger partial charge in [0.15, 0.2) is 10.6 Å². The lowest BCUT2D eigenvalue weighted by Crippen LogP contribution is -2.38. The van der Waals surface area contributed by atoms with Crippen LogP contribution in [0, 0.1) is 5.92 Å². The number of carbonyl (C=O) groups excluding carboxylic acids is 1. The summed E-state index contributed by atoms with van der Waals surface area (Å²) in [5.74, 6) is -0.150. The Balaban J connectivity index is 1.62. The van der Waals surface area contributed by atoms with Crippen molar-refractivity contribution in [3.63, 3.8) is 0 Å². The fourth-order valence-electron chi connectivity index (χ4n) is 4.84. The molecule has 4 N–H and O–H groups in total. The van der Waals surface area contributed by atoms with Crippen molar-refractivity contribution in [2.75, 3.05) is 13.2 Å². The highest BCUT2D eigenvalue weighted by atomic mass is 32.2. The average molecular weight is 546 g/mol. The Kier molecular flexibility index (Phi) is 7.07. The van der Waals surface area contributed by atoms with Gasteiger partial charge in [-0.2, -0.15) is 5.10 Å². The van der Waals surface area contributed by atoms with Gasteiger partial charge in [-0.25, -0.2) is 17.9 Å². The minimum atomic E-state index is -4.42. The molecule has 1 aliphatic heterocycles. The van der Waals surface area contributed by atoms with Crippen LogP contribution in [0.4, 0.5) is 4.79 Å². The average Bonchev–Trinajstić information content (AvgIpc) is 3.37. The van der Waals surface area contributed by atoms with Gasteiger partial charge in [-0.1, -0.05) is 91.0 Å². The predicted octanol–water partition coefficient (Wildman–Crippen LogP) is 3.01. The third kappa shape index (κ3) is 4.84. The third-order valence-electron chi connectivity index (χ3n) is 6.56. The molecule has 1 aliphatic rings. The van der Waals surface area contributed by atoms with Gasteiger partial charge in [0.2, 0.25) is 5.88 Å². The van der Waals surface area contributed by atoms with Crippen LogP contribution < -0.4 is 16.2 Å². The number of carbonyl (C=O) groups is 1. The van der Waals surface area contributed by atoms with Crippen LogP contribution in [0.25, 0.3) is 0 Å². The summed E-state index contributed by atoms with van der Waals surface area (Å²) in [5.41, 5.74) is 13.2. The van der Waals surface area contributed by atoms with E-state index in [1.807, 2.05) is 18.2 Å². The second-order valence-electron chi connectivity index (χ2n) is 9.08. The minimum absolute atomic E-state index is 0.0651. The van der Waals surface area contributed by atoms with Crippen LogP contribution in [0.2, 0.25) is 0 Å². The molecule has 0 bridgehead atoms. The number of hydrogen-bond donors (Lipinski definition) is 2. The molecule has 0 aliphatic carbocycles. The van der Waals surface area contributed by atoms with E-state index in [1.165, 1.54) is 10.9 Å². The zero-order chi connectivity index (χ0) is 27.5. The first kappa shape index (κ1) is 26.0. The second-order valence-corrected chi connectivity index (χ2v) is 10.8. The summed E-state index contributed by atoms with van der Waals surface area (Å²) in [5, 5.41) is 4.29. The highest BCUT2D eigenvalue weighted by Crippen LogP contribution is 2.45. The van der Waals surface area contributed by atoms with Gasteiger partial charge in [-0.3, -0.25) is 0 Å². The van der Waals surface area contributed by atoms with Gasteiger partial charge in [-0.05, 0) is 16.7 Å². The molecule has 0 saturated heterocycles. The molecule has 0 spiro atoms. The van der Waals surface area contributed by atoms with E-state index in [0.717, 1.165) is 0 Å². The summed E-state index contributed by atoms with van der Waals surface area (Å²) in [4.78, 5) is 10.9. The number of primary amides is 1. The summed E-state index contributed by atoms with van der Waals surface area (Å²) in [6, 6.07) is 26.8. The summed E-state index contributed by atoms with van der Waals surface area (Å²) in [6.45, 7) is 0.633. The molecule has 1 unspecified atom stereocenters. The minimum Gasteiger partial charge on any atom is -0.477 e. The first-order valence-electron chi connectivity index (χ1n) is 12.2. The number of hydrogen-bond acceptors (Lipinski definition) is 6. The van der Waals surface area contributed by atoms with E-state index in [9.17, 15) is 13.2 Å². The topological polar surface area (TPSA) is 152 Å². The van der Waals surface area contributed by atoms with Gasteiger partial charge in [0, 0.05) is 5.92 Å². The summed E-state index contributed by atoms with van der Waals surface area (Å²) >= 11 is 0. The van der Waals surface area contributed by atoms with Crippen LogP contribution in [-0.2, 0) is 26.1 Å². The number of amidine groups is 1. The van der Waals surface area contributed by atoms with Crippen LogP contribution in [0.5, 0.6) is 5.88 Å². The fourth-order valence-corrected chi connectivity index (χ4v) is 6.64. The highest BCUT2D eigenvalue weighted by molar-refractivity contribution is 7.91. The monoisotopic (exact) mass is 545 g/mol. The van der Waals surface area contributed by atoms with Gasteiger partial charge < -0.3 is 20.9 Å². The molecular weight excluding hydrogens is 518 g/mol. The van der Waals surface area contributed by atoms with E-state index >= 15 is 0 Å². The Morgan fingerprint density at radius 1 is 0.949 bits per heavy atom. The molecule has 0 saturated carbocycles. The molecule has 200 valence electrons. The molecule has 2 heterocycles. The molecule has 39 heavy (non-hydrogen) atoms. The molecule has 1 amide bonds. The van der Waals surface area contributed by atoms with Crippen molar-refractivity contribution in [3.8, 4) is 5.88 Å². The van der Waals surface area contributed by atoms with E-state index in [4.69, 9.17) is 20.9 Å². The molecule has 3 aromatic carbocycles. The van der Waals surface area contributed by atoms with Gasteiger partial charge in [0.25, 0.3) is 10.0 Å². The van der Waals surface area contributed by atoms with Crippen molar-refractivity contribution in [1.29, 1.82) is 0 Å². The number of nitrogens with two attached hydrogens (primary N) is 2. The zero-order valence-corrected chi connectivity index (χ0v) is 21.7. The number of sulfonamides is 1. The Morgan fingerprint density at radius 2 is 1.46 bits per heavy atom. The molecule has 1 aromatic heterocycles. The maximum atomic E-state index is 14.5. The zero-order valence-electron chi connectivity index (χ0n) is 20.9. The van der Waals surface area contributed by atoms with Crippen molar-refractivity contribution in [3.05, 3.63) is 119 Å². The van der Waals surface area contributed by atoms with Crippen LogP contribution in [-0.4, -0.2) is 43.3 Å². The molecule has 11 heteroatoms. The third-order valence-corrected chi connectivity index (χ3v) is 8.48. The van der Waals surface area contributed by atoms with E-state index in [-0.39, 0.29) is 36.4 Å². The maximum absolute atomic E-state index is 14.5. The molecule has 0 fully saturated rings. The number of ether oxygens (including phenoxy) is 2. The van der Waals surface area contributed by atoms with Crippen molar-refractivity contribution >= 4 is 22.0 Å². The van der Waals surface area contributed by atoms with Gasteiger partial charge in [0.05, 0.1) is 24.9 Å². The number of amides is 1. The lowest BCUT2D eigenvalue weighted by atomic mass is 9.84. The maximum Gasteiger partial charge on any atom is 0.404 e. The number of benzene rings is 3. The molecular formula is C28H27N5O5S. The quantitative estimate of drug-likeness (QED) is 0.196. The van der Waals surface area contributed by atoms with Crippen molar-refractivity contribution in [1.82, 2.24) is 9.78 Å². The lowest BCUT2D eigenvalue weighted by molar-refractivity contribution is 0.0857. The lowest BCUT2D eigenvalue weighted by Gasteiger charge is -2.33. The molecule has 5 rings (SSSR count). The Bertz CT molecular complexity index is 1490. The number of rotatable bonds is 8. The van der Waals surface area contributed by atoms with Crippen molar-refractivity contribution in [2.24, 2.45) is 21.8 Å². The van der Waals surface area contributed by atoms with Crippen LogP contribution in [0.3, 0.4) is 0 Å². The number of nitrogens with zero attached hydrogens (tertiary/aromatic N) is 3. The Morgan fingerprint density at radius 3 is 1.95 bits per heavy atom. The van der Waals surface area contributed by atoms with Crippen molar-refractivity contribution in [2.45, 2.75) is 11.3 Å². The first-order valence-corrected chi connectivity index (χ1v) is 13.6. The largest absolute Gasteiger partial charge is 0.477 e. The van der Waals surface area contributed by atoms with Gasteiger partial charge in [-0.15, -0.1) is 4.40 Å². The standard InChI is InChI=1S/C28H27N5O5S/c29-25(24-16-31-33-17-20(18-37-26(24)33)19-38-27(30)34)32-39(35,36)28(21-10-4-1-5-11-21,22-12-6-2-7-13-22)23-14-8-3-9-15-23/h1-16,20H,17-19H2,(H2,29,32)(H2,30,34). The fraction of sp³-hybridized carbons (Fsp3) is 0.179. The summed E-state index contributed by atoms with van der Waals surface area (Å²) in [6.07, 6.45) is 0.540. The van der Waals surface area contributed by atoms with Gasteiger partial charge in [0.1, 0.15) is 6.61 Å². The van der Waals surface area contributed by atoms with Crippen LogP contribution in [0.1, 0.15) is 22.3 Å². The summed E-state index contributed by atoms with van der Waals surface area (Å²) in [7, 11) is -4.42. The predicted molar refractivity (Wildman–Crippen MR) is 146 cm³/mol. The molecule has 10 nitrogen and oxygen atoms in total. The van der Waals surface area contributed by atoms with Gasteiger partial charge >= 0.3 is 6.09 Å². The molecule has 0 radical (unpaired) electrons. The van der Waals surface area contributed by atoms with Crippen molar-refractivity contribution < 1.29 is 22.7 Å². The normalized spacial score (nSPS) is 15.7. The number of aromatic nitrogens is 2. The smallest absolute Gasteiger partial charge is 0.404 e. The Hall–Kier alpha value is -4.64.